The van der Waals surface area contributed by atoms with Gasteiger partial charge in [-0.3, -0.25) is 10.2 Å². The van der Waals surface area contributed by atoms with Gasteiger partial charge in [0.1, 0.15) is 6.33 Å². The van der Waals surface area contributed by atoms with Crippen molar-refractivity contribution < 1.29 is 13.2 Å². The molecule has 0 radical (unpaired) electrons. The van der Waals surface area contributed by atoms with Crippen molar-refractivity contribution in [1.82, 2.24) is 14.0 Å². The molecule has 2 aromatic carbocycles. The summed E-state index contributed by atoms with van der Waals surface area (Å²) in [5.74, 6) is -0.395. The average molecular weight is 384 g/mol. The number of benzene rings is 2. The molecule has 140 valence electrons. The van der Waals surface area contributed by atoms with Crippen LogP contribution in [0, 0.1) is 0 Å². The number of carbonyl (C=O) groups excluding carboxylic acids is 1. The maximum absolute atomic E-state index is 12.8. The first-order chi connectivity index (χ1) is 13.1. The van der Waals surface area contributed by atoms with Gasteiger partial charge in [-0.25, -0.2) is 18.1 Å². The Morgan fingerprint density at radius 2 is 1.78 bits per heavy atom. The van der Waals surface area contributed by atoms with Crippen LogP contribution in [0.15, 0.2) is 59.8 Å². The number of amides is 1. The molecular formula is C19H20N4O3S. The van der Waals surface area contributed by atoms with Gasteiger partial charge in [-0.2, -0.15) is 4.31 Å². The Bertz CT molecular complexity index is 1090. The number of para-hydroxylation sites is 2. The summed E-state index contributed by atoms with van der Waals surface area (Å²) in [6.45, 7) is 1.06. The average Bonchev–Trinajstić information content (AvgIpc) is 3.12. The summed E-state index contributed by atoms with van der Waals surface area (Å²) in [5, 5.41) is 0. The Hall–Kier alpha value is -2.71. The smallest absolute Gasteiger partial charge is 0.267 e. The first-order valence-corrected chi connectivity index (χ1v) is 10.3. The highest BCUT2D eigenvalue weighted by atomic mass is 32.2. The zero-order valence-corrected chi connectivity index (χ0v) is 15.5. The fourth-order valence-corrected chi connectivity index (χ4v) is 4.84. The van der Waals surface area contributed by atoms with E-state index in [9.17, 15) is 13.2 Å². The molecule has 4 rings (SSSR count). The molecule has 1 amide bonds. The van der Waals surface area contributed by atoms with Gasteiger partial charge in [-0.1, -0.05) is 24.6 Å². The maximum atomic E-state index is 12.8. The van der Waals surface area contributed by atoms with Crippen LogP contribution in [0.25, 0.3) is 11.0 Å². The first-order valence-electron chi connectivity index (χ1n) is 8.89. The van der Waals surface area contributed by atoms with Gasteiger partial charge in [0.15, 0.2) is 0 Å². The molecule has 3 aromatic rings. The van der Waals surface area contributed by atoms with Crippen LogP contribution in [-0.4, -0.2) is 41.4 Å². The van der Waals surface area contributed by atoms with Crippen LogP contribution >= 0.6 is 0 Å². The van der Waals surface area contributed by atoms with Crippen molar-refractivity contribution in [2.75, 3.05) is 18.5 Å². The number of nitrogens with zero attached hydrogens (tertiary/aromatic N) is 3. The minimum Gasteiger partial charge on any atom is -0.267 e. The molecule has 0 bridgehead atoms. The number of aromatic nitrogens is 2. The summed E-state index contributed by atoms with van der Waals surface area (Å²) in [6, 6.07) is 13.6. The lowest BCUT2D eigenvalue weighted by atomic mass is 10.2. The summed E-state index contributed by atoms with van der Waals surface area (Å²) in [4.78, 5) is 17.0. The van der Waals surface area contributed by atoms with E-state index in [0.717, 1.165) is 30.3 Å². The second-order valence-corrected chi connectivity index (χ2v) is 8.47. The van der Waals surface area contributed by atoms with Gasteiger partial charge in [0.2, 0.25) is 10.0 Å². The van der Waals surface area contributed by atoms with Crippen molar-refractivity contribution >= 4 is 27.0 Å². The molecule has 2 heterocycles. The molecule has 27 heavy (non-hydrogen) atoms. The summed E-state index contributed by atoms with van der Waals surface area (Å²) in [7, 11) is -3.58. The van der Waals surface area contributed by atoms with E-state index in [2.05, 4.69) is 10.4 Å². The number of hydrogen-bond acceptors (Lipinski definition) is 4. The summed E-state index contributed by atoms with van der Waals surface area (Å²) in [6.07, 6.45) is 4.31. The van der Waals surface area contributed by atoms with E-state index in [4.69, 9.17) is 0 Å². The van der Waals surface area contributed by atoms with Crippen LogP contribution in [0.2, 0.25) is 0 Å². The van der Waals surface area contributed by atoms with Gasteiger partial charge in [0.25, 0.3) is 5.91 Å². The molecule has 1 aromatic heterocycles. The Kier molecular flexibility index (Phi) is 4.67. The first kappa shape index (κ1) is 17.7. The molecule has 0 spiro atoms. The number of piperidine rings is 1. The molecule has 0 aliphatic carbocycles. The molecular weight excluding hydrogens is 364 g/mol. The fraction of sp³-hybridized carbons (Fsp3) is 0.263. The zero-order chi connectivity index (χ0) is 18.9. The van der Waals surface area contributed by atoms with Crippen molar-refractivity contribution in [3.8, 4) is 0 Å². The minimum atomic E-state index is -3.58. The standard InChI is InChI=1S/C19H20N4O3S/c24-19(21-23-14-20-17-9-2-3-10-18(17)23)15-7-6-8-16(13-15)27(25,26)22-11-4-1-5-12-22/h2-3,6-10,13-14H,1,4-5,11-12H2,(H,21,24). The predicted molar refractivity (Wildman–Crippen MR) is 102 cm³/mol. The third kappa shape index (κ3) is 3.45. The largest absolute Gasteiger partial charge is 0.270 e. The van der Waals surface area contributed by atoms with Crippen LogP contribution in [0.5, 0.6) is 0 Å². The minimum absolute atomic E-state index is 0.146. The molecule has 1 aliphatic heterocycles. The van der Waals surface area contributed by atoms with Gasteiger partial charge in [-0.05, 0) is 43.2 Å². The van der Waals surface area contributed by atoms with Crippen LogP contribution in [-0.2, 0) is 10.0 Å². The van der Waals surface area contributed by atoms with Gasteiger partial charge < -0.3 is 0 Å². The molecule has 0 atom stereocenters. The van der Waals surface area contributed by atoms with E-state index in [0.29, 0.717) is 13.1 Å². The van der Waals surface area contributed by atoms with E-state index in [1.54, 1.807) is 12.1 Å². The van der Waals surface area contributed by atoms with E-state index in [-0.39, 0.29) is 10.5 Å². The third-order valence-corrected chi connectivity index (χ3v) is 6.62. The maximum Gasteiger partial charge on any atom is 0.270 e. The van der Waals surface area contributed by atoms with Crippen LogP contribution in [0.3, 0.4) is 0 Å². The second kappa shape index (κ2) is 7.13. The van der Waals surface area contributed by atoms with Gasteiger partial charge >= 0.3 is 0 Å². The number of fused-ring (bicyclic) bond motifs is 1. The van der Waals surface area contributed by atoms with Crippen molar-refractivity contribution in [3.05, 3.63) is 60.4 Å². The SMILES string of the molecule is O=C(Nn1cnc2ccccc21)c1cccc(S(=O)(=O)N2CCCCC2)c1. The Balaban J connectivity index is 1.59. The van der Waals surface area contributed by atoms with E-state index in [1.807, 2.05) is 24.3 Å². The number of imidazole rings is 1. The number of hydrogen-bond donors (Lipinski definition) is 1. The van der Waals surface area contributed by atoms with Crippen molar-refractivity contribution in [2.45, 2.75) is 24.2 Å². The molecule has 8 heteroatoms. The molecule has 1 N–H and O–H groups in total. The van der Waals surface area contributed by atoms with E-state index < -0.39 is 15.9 Å². The van der Waals surface area contributed by atoms with Crippen molar-refractivity contribution in [1.29, 1.82) is 0 Å². The van der Waals surface area contributed by atoms with Gasteiger partial charge in [0, 0.05) is 18.7 Å². The van der Waals surface area contributed by atoms with Gasteiger partial charge in [-0.15, -0.1) is 0 Å². The summed E-state index contributed by atoms with van der Waals surface area (Å²) < 4.78 is 28.7. The van der Waals surface area contributed by atoms with E-state index >= 15 is 0 Å². The Morgan fingerprint density at radius 3 is 2.59 bits per heavy atom. The summed E-state index contributed by atoms with van der Waals surface area (Å²) >= 11 is 0. The molecule has 1 saturated heterocycles. The Labute approximate surface area is 157 Å². The fourth-order valence-electron chi connectivity index (χ4n) is 3.27. The molecule has 0 unspecified atom stereocenters. The lowest BCUT2D eigenvalue weighted by Crippen LogP contribution is -2.35. The highest BCUT2D eigenvalue weighted by Gasteiger charge is 2.26. The van der Waals surface area contributed by atoms with Crippen LogP contribution < -0.4 is 5.43 Å². The predicted octanol–water partition coefficient (Wildman–Crippen LogP) is 2.59. The lowest BCUT2D eigenvalue weighted by molar-refractivity contribution is 0.101. The van der Waals surface area contributed by atoms with Crippen LogP contribution in [0.1, 0.15) is 29.6 Å². The van der Waals surface area contributed by atoms with E-state index in [1.165, 1.54) is 27.4 Å². The van der Waals surface area contributed by atoms with Gasteiger partial charge in [0.05, 0.1) is 15.9 Å². The number of nitrogens with one attached hydrogen (secondary N) is 1. The molecule has 0 saturated carbocycles. The second-order valence-electron chi connectivity index (χ2n) is 6.54. The monoisotopic (exact) mass is 384 g/mol. The third-order valence-electron chi connectivity index (χ3n) is 4.72. The summed E-state index contributed by atoms with van der Waals surface area (Å²) in [5.41, 5.74) is 4.56. The highest BCUT2D eigenvalue weighted by Crippen LogP contribution is 2.21. The van der Waals surface area contributed by atoms with Crippen molar-refractivity contribution in [3.63, 3.8) is 0 Å². The Morgan fingerprint density at radius 1 is 1.00 bits per heavy atom. The number of sulfonamides is 1. The normalized spacial score (nSPS) is 15.7. The molecule has 1 aliphatic rings. The zero-order valence-electron chi connectivity index (χ0n) is 14.7. The quantitative estimate of drug-likeness (QED) is 0.749. The number of carbonyl (C=O) groups is 1. The lowest BCUT2D eigenvalue weighted by Gasteiger charge is -2.26. The van der Waals surface area contributed by atoms with Crippen LogP contribution in [0.4, 0.5) is 0 Å². The number of rotatable bonds is 4. The molecule has 7 nitrogen and oxygen atoms in total. The molecule has 1 fully saturated rings. The van der Waals surface area contributed by atoms with Crippen molar-refractivity contribution in [2.24, 2.45) is 0 Å². The highest BCUT2D eigenvalue weighted by molar-refractivity contribution is 7.89. The topological polar surface area (TPSA) is 84.3 Å².